The van der Waals surface area contributed by atoms with Crippen LogP contribution in [0.5, 0.6) is 0 Å². The van der Waals surface area contributed by atoms with Gasteiger partial charge in [-0.15, -0.1) is 5.10 Å². The Morgan fingerprint density at radius 2 is 2.12 bits per heavy atom. The molecule has 2 amide bonds. The van der Waals surface area contributed by atoms with E-state index in [1.54, 1.807) is 25.1 Å². The van der Waals surface area contributed by atoms with Crippen LogP contribution in [0.3, 0.4) is 0 Å². The van der Waals surface area contributed by atoms with Gasteiger partial charge in [-0.25, -0.2) is 10.1 Å². The molecule has 0 saturated carbocycles. The molecule has 2 aromatic heterocycles. The third-order valence-corrected chi connectivity index (χ3v) is 3.41. The lowest BCUT2D eigenvalue weighted by molar-refractivity contribution is -0.139. The average Bonchev–Trinajstić information content (AvgIpc) is 3.37. The van der Waals surface area contributed by atoms with Crippen molar-refractivity contribution < 1.29 is 14.0 Å². The second-order valence-corrected chi connectivity index (χ2v) is 5.20. The van der Waals surface area contributed by atoms with Gasteiger partial charge >= 0.3 is 11.8 Å². The molecular weight excluding hydrogens is 338 g/mol. The number of nitrogens with zero attached hydrogens (tertiary/aromatic N) is 5. The highest BCUT2D eigenvalue weighted by Crippen LogP contribution is 2.09. The number of hydrogen-bond donors (Lipinski definition) is 2. The highest BCUT2D eigenvalue weighted by atomic mass is 16.3. The molecule has 0 bridgehead atoms. The van der Waals surface area contributed by atoms with Gasteiger partial charge in [0.1, 0.15) is 12.1 Å². The molecule has 0 unspecified atom stereocenters. The maximum Gasteiger partial charge on any atom is 0.329 e. The van der Waals surface area contributed by atoms with Crippen molar-refractivity contribution in [2.45, 2.75) is 13.5 Å². The first-order chi connectivity index (χ1) is 12.6. The van der Waals surface area contributed by atoms with Gasteiger partial charge in [-0.2, -0.15) is 5.10 Å². The zero-order valence-corrected chi connectivity index (χ0v) is 13.8. The van der Waals surface area contributed by atoms with E-state index in [1.165, 1.54) is 17.3 Å². The van der Waals surface area contributed by atoms with Gasteiger partial charge in [0.25, 0.3) is 0 Å². The fourth-order valence-electron chi connectivity index (χ4n) is 2.06. The Balaban J connectivity index is 1.60. The fourth-order valence-corrected chi connectivity index (χ4v) is 2.06. The molecule has 2 heterocycles. The van der Waals surface area contributed by atoms with Crippen molar-refractivity contribution in [3.05, 3.63) is 60.3 Å². The van der Waals surface area contributed by atoms with Crippen LogP contribution < -0.4 is 10.7 Å². The van der Waals surface area contributed by atoms with Gasteiger partial charge in [0.05, 0.1) is 24.2 Å². The molecule has 0 aliphatic rings. The molecule has 2 N–H and O–H groups in total. The van der Waals surface area contributed by atoms with Crippen LogP contribution in [0.25, 0.3) is 5.69 Å². The van der Waals surface area contributed by atoms with Crippen LogP contribution in [-0.2, 0) is 16.1 Å². The number of rotatable bonds is 5. The fraction of sp³-hybridized carbons (Fsp3) is 0.125. The smallest absolute Gasteiger partial charge is 0.329 e. The summed E-state index contributed by atoms with van der Waals surface area (Å²) < 4.78 is 6.57. The minimum Gasteiger partial charge on any atom is -0.467 e. The highest BCUT2D eigenvalue weighted by molar-refractivity contribution is 6.35. The quantitative estimate of drug-likeness (QED) is 0.388. The summed E-state index contributed by atoms with van der Waals surface area (Å²) in [6.07, 6.45) is 2.95. The Labute approximate surface area is 147 Å². The Bertz CT molecular complexity index is 917. The maximum atomic E-state index is 11.8. The number of carbonyl (C=O) groups excluding carboxylic acids is 2. The number of hydrogen-bond acceptors (Lipinski definition) is 7. The molecular formula is C16H15N7O3. The van der Waals surface area contributed by atoms with Crippen molar-refractivity contribution in [3.8, 4) is 5.69 Å². The van der Waals surface area contributed by atoms with E-state index in [4.69, 9.17) is 4.42 Å². The van der Waals surface area contributed by atoms with Crippen molar-refractivity contribution in [2.75, 3.05) is 0 Å². The Morgan fingerprint density at radius 1 is 1.23 bits per heavy atom. The van der Waals surface area contributed by atoms with Gasteiger partial charge in [-0.05, 0) is 47.2 Å². The number of benzene rings is 1. The van der Waals surface area contributed by atoms with Gasteiger partial charge in [-0.1, -0.05) is 12.1 Å². The summed E-state index contributed by atoms with van der Waals surface area (Å²) in [5.41, 5.74) is 4.23. The van der Waals surface area contributed by atoms with Gasteiger partial charge in [0.2, 0.25) is 0 Å². The molecule has 26 heavy (non-hydrogen) atoms. The van der Waals surface area contributed by atoms with Crippen LogP contribution in [0.1, 0.15) is 18.2 Å². The normalized spacial score (nSPS) is 11.2. The summed E-state index contributed by atoms with van der Waals surface area (Å²) in [6, 6.07) is 10.6. The van der Waals surface area contributed by atoms with E-state index in [9.17, 15) is 9.59 Å². The predicted octanol–water partition coefficient (Wildman–Crippen LogP) is 0.412. The van der Waals surface area contributed by atoms with E-state index in [0.29, 0.717) is 11.5 Å². The molecule has 0 fully saturated rings. The summed E-state index contributed by atoms with van der Waals surface area (Å²) >= 11 is 0. The van der Waals surface area contributed by atoms with E-state index >= 15 is 0 Å². The molecule has 0 radical (unpaired) electrons. The van der Waals surface area contributed by atoms with Crippen LogP contribution in [0.4, 0.5) is 0 Å². The molecule has 10 nitrogen and oxygen atoms in total. The van der Waals surface area contributed by atoms with Crippen molar-refractivity contribution in [3.63, 3.8) is 0 Å². The third-order valence-electron chi connectivity index (χ3n) is 3.41. The molecule has 132 valence electrons. The molecule has 1 aromatic carbocycles. The molecule has 0 spiro atoms. The molecule has 0 atom stereocenters. The van der Waals surface area contributed by atoms with E-state index in [-0.39, 0.29) is 6.54 Å². The van der Waals surface area contributed by atoms with Gasteiger partial charge in [0.15, 0.2) is 0 Å². The Hall–Kier alpha value is -3.82. The van der Waals surface area contributed by atoms with E-state index < -0.39 is 11.8 Å². The van der Waals surface area contributed by atoms with Crippen molar-refractivity contribution >= 4 is 17.5 Å². The first-order valence-corrected chi connectivity index (χ1v) is 7.62. The second-order valence-electron chi connectivity index (χ2n) is 5.20. The third kappa shape index (κ3) is 4.17. The van der Waals surface area contributed by atoms with Crippen LogP contribution in [-0.4, -0.2) is 37.7 Å². The molecule has 0 saturated heterocycles. The van der Waals surface area contributed by atoms with E-state index in [0.717, 1.165) is 11.3 Å². The Morgan fingerprint density at radius 3 is 2.85 bits per heavy atom. The number of aromatic nitrogens is 4. The van der Waals surface area contributed by atoms with Crippen molar-refractivity contribution in [1.29, 1.82) is 0 Å². The SMILES string of the molecule is C/C(=N\NC(=O)C(=O)NCc1ccco1)c1cccc(-n2cnnn2)c1. The van der Waals surface area contributed by atoms with Gasteiger partial charge in [0, 0.05) is 0 Å². The van der Waals surface area contributed by atoms with Crippen molar-refractivity contribution in [1.82, 2.24) is 30.9 Å². The molecule has 3 aromatic rings. The van der Waals surface area contributed by atoms with Gasteiger partial charge in [-0.3, -0.25) is 9.59 Å². The molecule has 0 aliphatic carbocycles. The second kappa shape index (κ2) is 7.83. The van der Waals surface area contributed by atoms with Crippen LogP contribution in [0.15, 0.2) is 58.5 Å². The van der Waals surface area contributed by atoms with Gasteiger partial charge < -0.3 is 9.73 Å². The van der Waals surface area contributed by atoms with Crippen LogP contribution in [0.2, 0.25) is 0 Å². The lowest BCUT2D eigenvalue weighted by Crippen LogP contribution is -2.37. The Kier molecular flexibility index (Phi) is 5.13. The monoisotopic (exact) mass is 353 g/mol. The summed E-state index contributed by atoms with van der Waals surface area (Å²) in [6.45, 7) is 1.83. The number of hydrazone groups is 1. The standard InChI is InChI=1S/C16H15N7O3/c1-11(12-4-2-5-13(8-12)23-10-18-21-22-23)19-20-16(25)15(24)17-9-14-6-3-7-26-14/h2-8,10H,9H2,1H3,(H,17,24)(H,20,25)/b19-11+. The van der Waals surface area contributed by atoms with E-state index in [2.05, 4.69) is 31.4 Å². The average molecular weight is 353 g/mol. The highest BCUT2D eigenvalue weighted by Gasteiger charge is 2.13. The topological polar surface area (TPSA) is 127 Å². The summed E-state index contributed by atoms with van der Waals surface area (Å²) in [4.78, 5) is 23.5. The maximum absolute atomic E-state index is 11.8. The number of furan rings is 1. The number of nitrogens with one attached hydrogen (secondary N) is 2. The summed E-state index contributed by atoms with van der Waals surface area (Å²) in [5, 5.41) is 17.4. The minimum atomic E-state index is -0.868. The predicted molar refractivity (Wildman–Crippen MR) is 90.1 cm³/mol. The number of amides is 2. The molecule has 3 rings (SSSR count). The lowest BCUT2D eigenvalue weighted by Gasteiger charge is -2.05. The van der Waals surface area contributed by atoms with Crippen molar-refractivity contribution in [2.24, 2.45) is 5.10 Å². The zero-order valence-electron chi connectivity index (χ0n) is 13.8. The first kappa shape index (κ1) is 17.0. The molecule has 10 heteroatoms. The van der Waals surface area contributed by atoms with Crippen LogP contribution >= 0.6 is 0 Å². The molecule has 0 aliphatic heterocycles. The summed E-state index contributed by atoms with van der Waals surface area (Å²) in [5.74, 6) is -1.13. The van der Waals surface area contributed by atoms with Crippen LogP contribution in [0, 0.1) is 0 Å². The number of tetrazole rings is 1. The minimum absolute atomic E-state index is 0.121. The largest absolute Gasteiger partial charge is 0.467 e. The summed E-state index contributed by atoms with van der Waals surface area (Å²) in [7, 11) is 0. The lowest BCUT2D eigenvalue weighted by atomic mass is 10.1. The number of carbonyl (C=O) groups is 2. The zero-order chi connectivity index (χ0) is 18.4. The van der Waals surface area contributed by atoms with E-state index in [1.807, 2.05) is 18.2 Å². The first-order valence-electron chi connectivity index (χ1n) is 7.62.